The van der Waals surface area contributed by atoms with Gasteiger partial charge >= 0.3 is 0 Å². The van der Waals surface area contributed by atoms with E-state index in [4.69, 9.17) is 9.15 Å². The third kappa shape index (κ3) is 3.04. The molecule has 0 atom stereocenters. The number of aromatic nitrogens is 1. The van der Waals surface area contributed by atoms with Crippen LogP contribution in [0.2, 0.25) is 0 Å². The first kappa shape index (κ1) is 10.6. The summed E-state index contributed by atoms with van der Waals surface area (Å²) in [6.07, 6.45) is 5.02. The van der Waals surface area contributed by atoms with E-state index < -0.39 is 0 Å². The molecule has 0 radical (unpaired) electrons. The third-order valence-corrected chi connectivity index (χ3v) is 2.76. The Morgan fingerprint density at radius 3 is 3.00 bits per heavy atom. The van der Waals surface area contributed by atoms with Crippen LogP contribution in [0.4, 0.5) is 0 Å². The van der Waals surface area contributed by atoms with Gasteiger partial charge < -0.3 is 14.5 Å². The number of nitrogens with zero attached hydrogens (tertiary/aromatic N) is 1. The topological polar surface area (TPSA) is 47.3 Å². The van der Waals surface area contributed by atoms with Gasteiger partial charge in [0.05, 0.1) is 12.7 Å². The first-order valence-electron chi connectivity index (χ1n) is 5.54. The fourth-order valence-corrected chi connectivity index (χ4v) is 1.90. The Morgan fingerprint density at radius 1 is 1.47 bits per heavy atom. The summed E-state index contributed by atoms with van der Waals surface area (Å²) < 4.78 is 10.9. The Bertz CT molecular complexity index is 293. The summed E-state index contributed by atoms with van der Waals surface area (Å²) >= 11 is 0. The molecule has 0 aliphatic carbocycles. The molecular formula is C11H18N2O2. The molecule has 0 unspecified atom stereocenters. The highest BCUT2D eigenvalue weighted by atomic mass is 16.5. The number of oxazole rings is 1. The highest BCUT2D eigenvalue weighted by Gasteiger charge is 2.16. The van der Waals surface area contributed by atoms with Gasteiger partial charge in [0.2, 0.25) is 0 Å². The second-order valence-electron chi connectivity index (χ2n) is 4.01. The molecule has 2 heterocycles. The van der Waals surface area contributed by atoms with Crippen molar-refractivity contribution in [3.8, 4) is 0 Å². The number of hydrogen-bond acceptors (Lipinski definition) is 4. The molecule has 1 aromatic rings. The third-order valence-electron chi connectivity index (χ3n) is 2.76. The van der Waals surface area contributed by atoms with E-state index in [1.807, 2.05) is 13.2 Å². The molecule has 0 aromatic carbocycles. The summed E-state index contributed by atoms with van der Waals surface area (Å²) in [5.74, 6) is 2.46. The molecule has 4 nitrogen and oxygen atoms in total. The maximum Gasteiger partial charge on any atom is 0.194 e. The van der Waals surface area contributed by atoms with Crippen LogP contribution in [0.15, 0.2) is 10.6 Å². The maximum atomic E-state index is 5.61. The Hall–Kier alpha value is -0.870. The van der Waals surface area contributed by atoms with Crippen LogP contribution in [-0.4, -0.2) is 25.2 Å². The van der Waals surface area contributed by atoms with Gasteiger partial charge in [-0.05, 0) is 25.8 Å². The lowest BCUT2D eigenvalue weighted by atomic mass is 9.97. The molecule has 0 spiro atoms. The fraction of sp³-hybridized carbons (Fsp3) is 0.727. The Balaban J connectivity index is 1.86. The quantitative estimate of drug-likeness (QED) is 0.815. The molecule has 1 fully saturated rings. The van der Waals surface area contributed by atoms with Gasteiger partial charge in [-0.3, -0.25) is 0 Å². The molecule has 0 saturated carbocycles. The van der Waals surface area contributed by atoms with Gasteiger partial charge in [-0.2, -0.15) is 0 Å². The monoisotopic (exact) mass is 210 g/mol. The van der Waals surface area contributed by atoms with Crippen molar-refractivity contribution < 1.29 is 9.15 Å². The Labute approximate surface area is 90.0 Å². The normalized spacial score (nSPS) is 18.2. The average Bonchev–Trinajstić information content (AvgIpc) is 2.68. The van der Waals surface area contributed by atoms with Crippen molar-refractivity contribution in [3.05, 3.63) is 17.8 Å². The lowest BCUT2D eigenvalue weighted by molar-refractivity contribution is 0.0646. The van der Waals surface area contributed by atoms with Crippen molar-refractivity contribution in [2.45, 2.75) is 25.8 Å². The van der Waals surface area contributed by atoms with E-state index in [0.29, 0.717) is 5.92 Å². The minimum absolute atomic E-state index is 0.680. The predicted octanol–water partition coefficient (Wildman–Crippen LogP) is 1.36. The molecule has 4 heteroatoms. The van der Waals surface area contributed by atoms with Crippen LogP contribution < -0.4 is 5.32 Å². The van der Waals surface area contributed by atoms with Crippen LogP contribution in [0, 0.1) is 5.92 Å². The van der Waals surface area contributed by atoms with Gasteiger partial charge in [-0.15, -0.1) is 0 Å². The van der Waals surface area contributed by atoms with Gasteiger partial charge in [0.25, 0.3) is 0 Å². The molecule has 15 heavy (non-hydrogen) atoms. The highest BCUT2D eigenvalue weighted by Crippen LogP contribution is 2.19. The van der Waals surface area contributed by atoms with E-state index in [2.05, 4.69) is 10.3 Å². The summed E-state index contributed by atoms with van der Waals surface area (Å²) in [5.41, 5.74) is 0. The summed E-state index contributed by atoms with van der Waals surface area (Å²) in [4.78, 5) is 4.28. The molecule has 84 valence electrons. The Morgan fingerprint density at radius 2 is 2.27 bits per heavy atom. The first-order chi connectivity index (χ1) is 7.38. The number of rotatable bonds is 4. The van der Waals surface area contributed by atoms with Gasteiger partial charge in [-0.1, -0.05) is 0 Å². The number of hydrogen-bond donors (Lipinski definition) is 1. The molecule has 0 amide bonds. The second-order valence-corrected chi connectivity index (χ2v) is 4.01. The molecule has 1 aliphatic rings. The van der Waals surface area contributed by atoms with E-state index in [-0.39, 0.29) is 0 Å². The molecule has 1 N–H and O–H groups in total. The zero-order valence-electron chi connectivity index (χ0n) is 9.16. The van der Waals surface area contributed by atoms with Crippen molar-refractivity contribution in [2.75, 3.05) is 20.3 Å². The summed E-state index contributed by atoms with van der Waals surface area (Å²) in [7, 11) is 1.90. The molecule has 0 bridgehead atoms. The van der Waals surface area contributed by atoms with Crippen LogP contribution >= 0.6 is 0 Å². The zero-order chi connectivity index (χ0) is 10.5. The van der Waals surface area contributed by atoms with Crippen molar-refractivity contribution in [3.63, 3.8) is 0 Å². The molecule has 2 rings (SSSR count). The van der Waals surface area contributed by atoms with Gasteiger partial charge in [-0.25, -0.2) is 4.98 Å². The SMILES string of the molecule is CNCc1cnc(CC2CCOCC2)o1. The van der Waals surface area contributed by atoms with E-state index >= 15 is 0 Å². The minimum Gasteiger partial charge on any atom is -0.444 e. The molecule has 1 aliphatic heterocycles. The molecule has 1 aromatic heterocycles. The predicted molar refractivity (Wildman–Crippen MR) is 56.5 cm³/mol. The van der Waals surface area contributed by atoms with E-state index in [1.54, 1.807) is 0 Å². The van der Waals surface area contributed by atoms with E-state index in [0.717, 1.165) is 50.7 Å². The molecule has 1 saturated heterocycles. The van der Waals surface area contributed by atoms with Crippen LogP contribution in [0.1, 0.15) is 24.5 Å². The number of nitrogens with one attached hydrogen (secondary N) is 1. The fourth-order valence-electron chi connectivity index (χ4n) is 1.90. The standard InChI is InChI=1S/C11H18N2O2/c1-12-7-10-8-13-11(15-10)6-9-2-4-14-5-3-9/h8-9,12H,2-7H2,1H3. The van der Waals surface area contributed by atoms with Crippen molar-refractivity contribution >= 4 is 0 Å². The zero-order valence-corrected chi connectivity index (χ0v) is 9.16. The van der Waals surface area contributed by atoms with Crippen molar-refractivity contribution in [1.29, 1.82) is 0 Å². The van der Waals surface area contributed by atoms with E-state index in [9.17, 15) is 0 Å². The smallest absolute Gasteiger partial charge is 0.194 e. The summed E-state index contributed by atoms with van der Waals surface area (Å²) in [6, 6.07) is 0. The van der Waals surface area contributed by atoms with Crippen molar-refractivity contribution in [2.24, 2.45) is 5.92 Å². The van der Waals surface area contributed by atoms with E-state index in [1.165, 1.54) is 0 Å². The summed E-state index contributed by atoms with van der Waals surface area (Å²) in [6.45, 7) is 2.52. The second kappa shape index (κ2) is 5.28. The number of ether oxygens (including phenoxy) is 1. The highest BCUT2D eigenvalue weighted by molar-refractivity contribution is 4.94. The first-order valence-corrected chi connectivity index (χ1v) is 5.54. The largest absolute Gasteiger partial charge is 0.444 e. The lowest BCUT2D eigenvalue weighted by Crippen LogP contribution is -2.17. The summed E-state index contributed by atoms with van der Waals surface area (Å²) in [5, 5.41) is 3.05. The van der Waals surface area contributed by atoms with Gasteiger partial charge in [0.1, 0.15) is 5.76 Å². The molecular weight excluding hydrogens is 192 g/mol. The van der Waals surface area contributed by atoms with Crippen molar-refractivity contribution in [1.82, 2.24) is 10.3 Å². The van der Waals surface area contributed by atoms with Crippen LogP contribution in [-0.2, 0) is 17.7 Å². The Kier molecular flexibility index (Phi) is 3.75. The van der Waals surface area contributed by atoms with Crippen LogP contribution in [0.3, 0.4) is 0 Å². The maximum absolute atomic E-state index is 5.61. The van der Waals surface area contributed by atoms with Crippen LogP contribution in [0.5, 0.6) is 0 Å². The van der Waals surface area contributed by atoms with Crippen LogP contribution in [0.25, 0.3) is 0 Å². The van der Waals surface area contributed by atoms with Gasteiger partial charge in [0.15, 0.2) is 5.89 Å². The van der Waals surface area contributed by atoms with Gasteiger partial charge in [0, 0.05) is 19.6 Å². The lowest BCUT2D eigenvalue weighted by Gasteiger charge is -2.20. The average molecular weight is 210 g/mol. The minimum atomic E-state index is 0.680.